The van der Waals surface area contributed by atoms with E-state index in [1.165, 1.54) is 24.1 Å². The van der Waals surface area contributed by atoms with Gasteiger partial charge < -0.3 is 15.0 Å². The Balaban J connectivity index is 2.16. The second-order valence-corrected chi connectivity index (χ2v) is 5.42. The number of nitrogens with one attached hydrogen (secondary N) is 1. The number of rotatable bonds is 4. The normalized spacial score (nSPS) is 17.6. The number of carbonyl (C=O) groups is 3. The van der Waals surface area contributed by atoms with Crippen LogP contribution in [0.5, 0.6) is 0 Å². The number of esters is 1. The van der Waals surface area contributed by atoms with Gasteiger partial charge in [0, 0.05) is 13.1 Å². The lowest BCUT2D eigenvalue weighted by Crippen LogP contribution is -2.58. The Morgan fingerprint density at radius 2 is 2.17 bits per heavy atom. The molecule has 0 saturated carbocycles. The molecule has 1 saturated heterocycles. The number of carbonyl (C=O) groups excluding carboxylic acids is 3. The molecule has 0 aliphatic carbocycles. The van der Waals surface area contributed by atoms with Gasteiger partial charge in [-0.3, -0.25) is 14.4 Å². The van der Waals surface area contributed by atoms with E-state index in [2.05, 4.69) is 10.1 Å². The first-order valence-corrected chi connectivity index (χ1v) is 7.31. The van der Waals surface area contributed by atoms with Gasteiger partial charge in [0.25, 0.3) is 0 Å². The van der Waals surface area contributed by atoms with E-state index in [9.17, 15) is 18.8 Å². The van der Waals surface area contributed by atoms with E-state index in [1.807, 2.05) is 0 Å². The highest BCUT2D eigenvalue weighted by Gasteiger charge is 2.34. The summed E-state index contributed by atoms with van der Waals surface area (Å²) in [5, 5.41) is 2.63. The van der Waals surface area contributed by atoms with Crippen LogP contribution >= 0.6 is 0 Å². The number of methoxy groups -OCH3 is 1. The van der Waals surface area contributed by atoms with Crippen molar-refractivity contribution in [1.29, 1.82) is 0 Å². The molecule has 0 radical (unpaired) electrons. The molecule has 0 aromatic heterocycles. The van der Waals surface area contributed by atoms with Gasteiger partial charge in [0.05, 0.1) is 20.0 Å². The molecule has 1 N–H and O–H groups in total. The van der Waals surface area contributed by atoms with Gasteiger partial charge in [0.15, 0.2) is 0 Å². The molecule has 1 atom stereocenters. The van der Waals surface area contributed by atoms with Crippen LogP contribution in [0.3, 0.4) is 0 Å². The predicted octanol–water partition coefficient (Wildman–Crippen LogP) is 0.567. The SMILES string of the molecule is COC(=O)CC1C(=O)NCCN1C(=O)Cc1cc(F)ccc1C. The number of amides is 2. The molecule has 1 heterocycles. The molecule has 2 rings (SSSR count). The van der Waals surface area contributed by atoms with Crippen LogP contribution in [0, 0.1) is 12.7 Å². The molecule has 1 fully saturated rings. The minimum absolute atomic E-state index is 0.0193. The van der Waals surface area contributed by atoms with Crippen LogP contribution in [0.15, 0.2) is 18.2 Å². The van der Waals surface area contributed by atoms with E-state index in [4.69, 9.17) is 0 Å². The van der Waals surface area contributed by atoms with Crippen LogP contribution < -0.4 is 5.32 Å². The highest BCUT2D eigenvalue weighted by molar-refractivity contribution is 5.92. The summed E-state index contributed by atoms with van der Waals surface area (Å²) in [5.41, 5.74) is 1.36. The standard InChI is InChI=1S/C16H19FN2O4/c1-10-3-4-12(17)7-11(10)8-14(20)19-6-5-18-16(22)13(19)9-15(21)23-2/h3-4,7,13H,5-6,8-9H2,1-2H3,(H,18,22). The predicted molar refractivity (Wildman–Crippen MR) is 80.0 cm³/mol. The van der Waals surface area contributed by atoms with Crippen molar-refractivity contribution in [2.24, 2.45) is 0 Å². The minimum atomic E-state index is -0.891. The first kappa shape index (κ1) is 16.9. The first-order valence-electron chi connectivity index (χ1n) is 7.31. The summed E-state index contributed by atoms with van der Waals surface area (Å²) in [4.78, 5) is 37.3. The number of nitrogens with zero attached hydrogens (tertiary/aromatic N) is 1. The lowest BCUT2D eigenvalue weighted by molar-refractivity contribution is -0.150. The number of ether oxygens (including phenoxy) is 1. The quantitative estimate of drug-likeness (QED) is 0.822. The molecular weight excluding hydrogens is 303 g/mol. The molecule has 7 heteroatoms. The molecular formula is C16H19FN2O4. The minimum Gasteiger partial charge on any atom is -0.469 e. The van der Waals surface area contributed by atoms with Crippen molar-refractivity contribution in [1.82, 2.24) is 10.2 Å². The highest BCUT2D eigenvalue weighted by Crippen LogP contribution is 2.16. The van der Waals surface area contributed by atoms with E-state index in [1.54, 1.807) is 13.0 Å². The maximum absolute atomic E-state index is 13.3. The number of hydrogen-bond acceptors (Lipinski definition) is 4. The summed E-state index contributed by atoms with van der Waals surface area (Å²) < 4.78 is 17.9. The number of benzene rings is 1. The molecule has 124 valence electrons. The third kappa shape index (κ3) is 4.06. The molecule has 1 aliphatic heterocycles. The Morgan fingerprint density at radius 3 is 2.87 bits per heavy atom. The summed E-state index contributed by atoms with van der Waals surface area (Å²) in [6.45, 7) is 2.42. The molecule has 6 nitrogen and oxygen atoms in total. The topological polar surface area (TPSA) is 75.7 Å². The van der Waals surface area contributed by atoms with Gasteiger partial charge in [-0.25, -0.2) is 4.39 Å². The number of hydrogen-bond donors (Lipinski definition) is 1. The second-order valence-electron chi connectivity index (χ2n) is 5.42. The maximum Gasteiger partial charge on any atom is 0.308 e. The Hall–Kier alpha value is -2.44. The van der Waals surface area contributed by atoms with Crippen LogP contribution in [0.2, 0.25) is 0 Å². The smallest absolute Gasteiger partial charge is 0.308 e. The summed E-state index contributed by atoms with van der Waals surface area (Å²) >= 11 is 0. The number of piperazine rings is 1. The van der Waals surface area contributed by atoms with E-state index in [0.717, 1.165) is 5.56 Å². The average molecular weight is 322 g/mol. The van der Waals surface area contributed by atoms with Crippen molar-refractivity contribution in [3.8, 4) is 0 Å². The van der Waals surface area contributed by atoms with Crippen molar-refractivity contribution in [2.45, 2.75) is 25.8 Å². The Labute approximate surface area is 133 Å². The van der Waals surface area contributed by atoms with Crippen molar-refractivity contribution in [3.63, 3.8) is 0 Å². The summed E-state index contributed by atoms with van der Waals surface area (Å²) in [5.74, 6) is -1.68. The average Bonchev–Trinajstić information content (AvgIpc) is 2.52. The summed E-state index contributed by atoms with van der Waals surface area (Å²) in [6.07, 6.45) is -0.218. The van der Waals surface area contributed by atoms with Crippen LogP contribution in [-0.2, 0) is 25.5 Å². The lowest BCUT2D eigenvalue weighted by Gasteiger charge is -2.34. The monoisotopic (exact) mass is 322 g/mol. The first-order chi connectivity index (χ1) is 10.9. The number of aryl methyl sites for hydroxylation is 1. The van der Waals surface area contributed by atoms with E-state index in [0.29, 0.717) is 18.7 Å². The molecule has 1 aromatic rings. The van der Waals surface area contributed by atoms with Crippen molar-refractivity contribution in [2.75, 3.05) is 20.2 Å². The summed E-state index contributed by atoms with van der Waals surface area (Å²) in [7, 11) is 1.23. The third-order valence-electron chi connectivity index (χ3n) is 3.89. The highest BCUT2D eigenvalue weighted by atomic mass is 19.1. The van der Waals surface area contributed by atoms with Gasteiger partial charge in [0.2, 0.25) is 11.8 Å². The van der Waals surface area contributed by atoms with E-state index >= 15 is 0 Å². The van der Waals surface area contributed by atoms with E-state index < -0.39 is 17.8 Å². The summed E-state index contributed by atoms with van der Waals surface area (Å²) in [6, 6.07) is 3.36. The van der Waals surface area contributed by atoms with Gasteiger partial charge in [-0.2, -0.15) is 0 Å². The van der Waals surface area contributed by atoms with Crippen LogP contribution in [0.25, 0.3) is 0 Å². The molecule has 1 aromatic carbocycles. The fraction of sp³-hybridized carbons (Fsp3) is 0.438. The molecule has 1 aliphatic rings. The van der Waals surface area contributed by atoms with Crippen LogP contribution in [0.4, 0.5) is 4.39 Å². The van der Waals surface area contributed by atoms with E-state index in [-0.39, 0.29) is 24.7 Å². The van der Waals surface area contributed by atoms with Gasteiger partial charge in [-0.05, 0) is 30.2 Å². The zero-order chi connectivity index (χ0) is 17.0. The third-order valence-corrected chi connectivity index (χ3v) is 3.89. The molecule has 0 spiro atoms. The molecule has 2 amide bonds. The maximum atomic E-state index is 13.3. The van der Waals surface area contributed by atoms with Crippen molar-refractivity contribution in [3.05, 3.63) is 35.1 Å². The zero-order valence-electron chi connectivity index (χ0n) is 13.1. The Morgan fingerprint density at radius 1 is 1.43 bits per heavy atom. The fourth-order valence-electron chi connectivity index (χ4n) is 2.55. The fourth-order valence-corrected chi connectivity index (χ4v) is 2.55. The number of halogens is 1. The van der Waals surface area contributed by atoms with Crippen LogP contribution in [-0.4, -0.2) is 48.9 Å². The van der Waals surface area contributed by atoms with Crippen LogP contribution in [0.1, 0.15) is 17.5 Å². The molecule has 0 bridgehead atoms. The van der Waals surface area contributed by atoms with Crippen molar-refractivity contribution >= 4 is 17.8 Å². The largest absolute Gasteiger partial charge is 0.469 e. The second kappa shape index (κ2) is 7.21. The van der Waals surface area contributed by atoms with Gasteiger partial charge >= 0.3 is 5.97 Å². The zero-order valence-corrected chi connectivity index (χ0v) is 13.1. The van der Waals surface area contributed by atoms with Gasteiger partial charge in [0.1, 0.15) is 11.9 Å². The molecule has 23 heavy (non-hydrogen) atoms. The Bertz CT molecular complexity index is 633. The lowest BCUT2D eigenvalue weighted by atomic mass is 10.0. The Kier molecular flexibility index (Phi) is 5.31. The van der Waals surface area contributed by atoms with Crippen molar-refractivity contribution < 1.29 is 23.5 Å². The molecule has 1 unspecified atom stereocenters. The van der Waals surface area contributed by atoms with Gasteiger partial charge in [-0.15, -0.1) is 0 Å². The van der Waals surface area contributed by atoms with Gasteiger partial charge in [-0.1, -0.05) is 6.07 Å².